The van der Waals surface area contributed by atoms with E-state index in [9.17, 15) is 4.79 Å². The van der Waals surface area contributed by atoms with E-state index in [-0.39, 0.29) is 5.91 Å². The Hall–Kier alpha value is -1.36. The molecule has 16 heavy (non-hydrogen) atoms. The van der Waals surface area contributed by atoms with Gasteiger partial charge in [-0.15, -0.1) is 0 Å². The minimum absolute atomic E-state index is 0.148. The predicted molar refractivity (Wildman–Crippen MR) is 64.2 cm³/mol. The van der Waals surface area contributed by atoms with Crippen molar-refractivity contribution >= 4 is 11.6 Å². The molecule has 0 radical (unpaired) electrons. The van der Waals surface area contributed by atoms with Crippen molar-refractivity contribution in [2.75, 3.05) is 5.32 Å². The molecular weight excluding hydrogens is 204 g/mol. The summed E-state index contributed by atoms with van der Waals surface area (Å²) >= 11 is 0. The summed E-state index contributed by atoms with van der Waals surface area (Å²) in [4.78, 5) is 12.0. The van der Waals surface area contributed by atoms with Gasteiger partial charge in [0.05, 0.1) is 22.6 Å². The summed E-state index contributed by atoms with van der Waals surface area (Å²) in [6, 6.07) is 0. The lowest BCUT2D eigenvalue weighted by molar-refractivity contribution is -0.121. The number of aromatic amines is 1. The van der Waals surface area contributed by atoms with E-state index in [2.05, 4.69) is 15.5 Å². The summed E-state index contributed by atoms with van der Waals surface area (Å²) in [7, 11) is 0. The third-order valence-electron chi connectivity index (χ3n) is 3.08. The Labute approximate surface area is 95.8 Å². The van der Waals surface area contributed by atoms with Crippen LogP contribution in [0.5, 0.6) is 0 Å². The fourth-order valence-corrected chi connectivity index (χ4v) is 1.54. The molecule has 1 heterocycles. The first-order chi connectivity index (χ1) is 7.44. The highest BCUT2D eigenvalue weighted by molar-refractivity contribution is 5.98. The second-order valence-corrected chi connectivity index (χ2v) is 4.13. The fourth-order valence-electron chi connectivity index (χ4n) is 1.54. The Morgan fingerprint density at radius 3 is 2.38 bits per heavy atom. The average Bonchev–Trinajstić information content (AvgIpc) is 2.59. The minimum atomic E-state index is -0.795. The van der Waals surface area contributed by atoms with E-state index in [1.54, 1.807) is 0 Å². The molecule has 5 heteroatoms. The van der Waals surface area contributed by atoms with Gasteiger partial charge in [0.1, 0.15) is 0 Å². The third-order valence-corrected chi connectivity index (χ3v) is 3.08. The molecule has 0 aliphatic carbocycles. The number of nitrogens with zero attached hydrogens (tertiary/aromatic N) is 1. The highest BCUT2D eigenvalue weighted by Crippen LogP contribution is 2.20. The third kappa shape index (κ3) is 2.24. The number of hydrogen-bond donors (Lipinski definition) is 3. The van der Waals surface area contributed by atoms with Gasteiger partial charge in [0.15, 0.2) is 0 Å². The van der Waals surface area contributed by atoms with Crippen molar-refractivity contribution in [2.45, 2.75) is 46.1 Å². The van der Waals surface area contributed by atoms with Crippen LogP contribution in [-0.2, 0) is 4.79 Å². The first kappa shape index (κ1) is 12.7. The number of anilines is 1. The van der Waals surface area contributed by atoms with Gasteiger partial charge < -0.3 is 11.1 Å². The maximum atomic E-state index is 12.0. The highest BCUT2D eigenvalue weighted by atomic mass is 16.2. The number of hydrogen-bond acceptors (Lipinski definition) is 3. The van der Waals surface area contributed by atoms with Crippen molar-refractivity contribution in [1.29, 1.82) is 0 Å². The molecule has 1 aromatic rings. The monoisotopic (exact) mass is 224 g/mol. The summed E-state index contributed by atoms with van der Waals surface area (Å²) in [5.41, 5.74) is 7.58. The van der Waals surface area contributed by atoms with E-state index in [1.807, 2.05) is 27.7 Å². The number of aromatic nitrogens is 2. The molecule has 4 N–H and O–H groups in total. The van der Waals surface area contributed by atoms with Crippen LogP contribution in [0.3, 0.4) is 0 Å². The van der Waals surface area contributed by atoms with Gasteiger partial charge in [0.2, 0.25) is 5.91 Å². The quantitative estimate of drug-likeness (QED) is 0.724. The van der Waals surface area contributed by atoms with Gasteiger partial charge in [0, 0.05) is 0 Å². The molecule has 0 spiro atoms. The predicted octanol–water partition coefficient (Wildman–Crippen LogP) is 1.48. The van der Waals surface area contributed by atoms with E-state index in [1.165, 1.54) is 0 Å². The molecule has 0 aliphatic rings. The zero-order valence-electron chi connectivity index (χ0n) is 10.3. The summed E-state index contributed by atoms with van der Waals surface area (Å²) < 4.78 is 0. The van der Waals surface area contributed by atoms with Gasteiger partial charge in [-0.05, 0) is 26.7 Å². The van der Waals surface area contributed by atoms with Crippen molar-refractivity contribution in [3.8, 4) is 0 Å². The first-order valence-corrected chi connectivity index (χ1v) is 5.56. The van der Waals surface area contributed by atoms with Crippen LogP contribution in [0, 0.1) is 13.8 Å². The van der Waals surface area contributed by atoms with Crippen molar-refractivity contribution < 1.29 is 4.79 Å². The van der Waals surface area contributed by atoms with Crippen LogP contribution in [0.15, 0.2) is 0 Å². The normalized spacial score (nSPS) is 11.6. The molecule has 0 aliphatic heterocycles. The highest BCUT2D eigenvalue weighted by Gasteiger charge is 2.30. The maximum Gasteiger partial charge on any atom is 0.244 e. The number of aryl methyl sites for hydroxylation is 2. The van der Waals surface area contributed by atoms with E-state index in [0.717, 1.165) is 17.1 Å². The molecule has 5 nitrogen and oxygen atoms in total. The molecule has 0 saturated carbocycles. The van der Waals surface area contributed by atoms with Crippen LogP contribution in [-0.4, -0.2) is 21.6 Å². The largest absolute Gasteiger partial charge is 0.321 e. The first-order valence-electron chi connectivity index (χ1n) is 5.56. The van der Waals surface area contributed by atoms with E-state index >= 15 is 0 Å². The SMILES string of the molecule is CCC(N)(CC)C(=O)Nc1c(C)n[nH]c1C. The van der Waals surface area contributed by atoms with Crippen LogP contribution >= 0.6 is 0 Å². The lowest BCUT2D eigenvalue weighted by Gasteiger charge is -2.25. The summed E-state index contributed by atoms with van der Waals surface area (Å²) in [6.45, 7) is 7.54. The van der Waals surface area contributed by atoms with Crippen LogP contribution < -0.4 is 11.1 Å². The molecular formula is C11H20N4O. The summed E-state index contributed by atoms with van der Waals surface area (Å²) in [6.07, 6.45) is 1.23. The number of amides is 1. The van der Waals surface area contributed by atoms with Crippen molar-refractivity contribution in [3.63, 3.8) is 0 Å². The molecule has 1 amide bonds. The summed E-state index contributed by atoms with van der Waals surface area (Å²) in [5.74, 6) is -0.148. The van der Waals surface area contributed by atoms with E-state index < -0.39 is 5.54 Å². The van der Waals surface area contributed by atoms with Gasteiger partial charge in [-0.1, -0.05) is 13.8 Å². The van der Waals surface area contributed by atoms with Crippen LogP contribution in [0.1, 0.15) is 38.1 Å². The van der Waals surface area contributed by atoms with Gasteiger partial charge in [0.25, 0.3) is 0 Å². The van der Waals surface area contributed by atoms with Gasteiger partial charge in [-0.25, -0.2) is 0 Å². The molecule has 0 fully saturated rings. The minimum Gasteiger partial charge on any atom is -0.321 e. The molecule has 0 atom stereocenters. The zero-order chi connectivity index (χ0) is 12.3. The molecule has 0 aromatic carbocycles. The lowest BCUT2D eigenvalue weighted by Crippen LogP contribution is -2.50. The van der Waals surface area contributed by atoms with E-state index in [0.29, 0.717) is 12.8 Å². The molecule has 0 unspecified atom stereocenters. The van der Waals surface area contributed by atoms with Crippen LogP contribution in [0.2, 0.25) is 0 Å². The Bertz CT molecular complexity index is 360. The van der Waals surface area contributed by atoms with Gasteiger partial charge in [-0.2, -0.15) is 5.10 Å². The number of carbonyl (C=O) groups excluding carboxylic acids is 1. The van der Waals surface area contributed by atoms with Crippen molar-refractivity contribution in [2.24, 2.45) is 5.73 Å². The number of rotatable bonds is 4. The fraction of sp³-hybridized carbons (Fsp3) is 0.636. The van der Waals surface area contributed by atoms with Crippen molar-refractivity contribution in [3.05, 3.63) is 11.4 Å². The average molecular weight is 224 g/mol. The topological polar surface area (TPSA) is 83.8 Å². The molecule has 90 valence electrons. The second kappa shape index (κ2) is 4.65. The number of H-pyrrole nitrogens is 1. The number of nitrogens with one attached hydrogen (secondary N) is 2. The van der Waals surface area contributed by atoms with Gasteiger partial charge in [-0.3, -0.25) is 9.89 Å². The zero-order valence-corrected chi connectivity index (χ0v) is 10.3. The smallest absolute Gasteiger partial charge is 0.244 e. The number of carbonyl (C=O) groups is 1. The standard InChI is InChI=1S/C11H20N4O/c1-5-11(12,6-2)10(16)13-9-7(3)14-15-8(9)4/h5-6,12H2,1-4H3,(H,13,16)(H,14,15). The molecule has 1 rings (SSSR count). The Morgan fingerprint density at radius 1 is 1.44 bits per heavy atom. The Morgan fingerprint density at radius 2 is 2.00 bits per heavy atom. The summed E-state index contributed by atoms with van der Waals surface area (Å²) in [5, 5.41) is 9.69. The van der Waals surface area contributed by atoms with E-state index in [4.69, 9.17) is 5.73 Å². The van der Waals surface area contributed by atoms with Gasteiger partial charge >= 0.3 is 0 Å². The second-order valence-electron chi connectivity index (χ2n) is 4.13. The maximum absolute atomic E-state index is 12.0. The number of nitrogens with two attached hydrogens (primary N) is 1. The van der Waals surface area contributed by atoms with Crippen LogP contribution in [0.4, 0.5) is 5.69 Å². The lowest BCUT2D eigenvalue weighted by atomic mass is 9.93. The Kier molecular flexibility index (Phi) is 3.70. The van der Waals surface area contributed by atoms with Crippen molar-refractivity contribution in [1.82, 2.24) is 10.2 Å². The van der Waals surface area contributed by atoms with Crippen LogP contribution in [0.25, 0.3) is 0 Å². The molecule has 1 aromatic heterocycles. The Balaban J connectivity index is 2.86. The molecule has 0 bridgehead atoms. The molecule has 0 saturated heterocycles.